The minimum atomic E-state index is -2.54. The van der Waals surface area contributed by atoms with Crippen molar-refractivity contribution in [1.29, 1.82) is 0 Å². The summed E-state index contributed by atoms with van der Waals surface area (Å²) in [6, 6.07) is 0. The summed E-state index contributed by atoms with van der Waals surface area (Å²) in [7, 11) is 0. The van der Waals surface area contributed by atoms with Gasteiger partial charge in [0.1, 0.15) is 10.8 Å². The minimum absolute atomic E-state index is 0.0158. The van der Waals surface area contributed by atoms with Crippen molar-refractivity contribution in [2.75, 3.05) is 13.2 Å². The summed E-state index contributed by atoms with van der Waals surface area (Å²) in [5.41, 5.74) is -7.02. The number of esters is 2. The Morgan fingerprint density at radius 1 is 0.706 bits per heavy atom. The Labute approximate surface area is 193 Å². The number of carbonyl (C=O) groups is 6. The number of aliphatic carboxylic acids is 4. The summed E-state index contributed by atoms with van der Waals surface area (Å²) in [6.07, 6.45) is -0.387. The molecule has 1 rings (SSSR count). The molecule has 0 aromatic carbocycles. The summed E-state index contributed by atoms with van der Waals surface area (Å²) < 4.78 is 9.68. The van der Waals surface area contributed by atoms with E-state index in [2.05, 4.69) is 13.2 Å². The minimum Gasteiger partial charge on any atom is -0.480 e. The normalized spacial score (nSPS) is 21.4. The van der Waals surface area contributed by atoms with Crippen molar-refractivity contribution < 1.29 is 58.7 Å². The number of carbonyl (C=O) groups excluding carboxylic acids is 2. The maximum atomic E-state index is 12.2. The molecule has 1 aliphatic carbocycles. The lowest BCUT2D eigenvalue weighted by atomic mass is 9.63. The predicted molar refractivity (Wildman–Crippen MR) is 112 cm³/mol. The fourth-order valence-corrected chi connectivity index (χ4v) is 3.25. The smallest absolute Gasteiger partial charge is 0.333 e. The topological polar surface area (TPSA) is 202 Å². The highest BCUT2D eigenvalue weighted by Crippen LogP contribution is 2.48. The second-order valence-corrected chi connectivity index (χ2v) is 7.61. The zero-order valence-corrected chi connectivity index (χ0v) is 18.5. The van der Waals surface area contributed by atoms with Crippen molar-refractivity contribution in [2.24, 2.45) is 10.8 Å². The molecule has 0 aromatic rings. The number of rotatable bonds is 12. The number of carboxylic acid groups (broad SMARTS) is 4. The van der Waals surface area contributed by atoms with Gasteiger partial charge in [0.05, 0.1) is 24.4 Å². The largest absolute Gasteiger partial charge is 0.480 e. The average molecular weight is 480 g/mol. The summed E-state index contributed by atoms with van der Waals surface area (Å²) in [5, 5.41) is 39.2. The zero-order valence-electron chi connectivity index (χ0n) is 18.5. The van der Waals surface area contributed by atoms with E-state index in [9.17, 15) is 49.2 Å². The van der Waals surface area contributed by atoms with Gasteiger partial charge in [0.15, 0.2) is 0 Å². The Morgan fingerprint density at radius 3 is 1.21 bits per heavy atom. The van der Waals surface area contributed by atoms with Crippen LogP contribution in [0.3, 0.4) is 0 Å². The molecule has 1 aliphatic rings. The van der Waals surface area contributed by atoms with Crippen LogP contribution < -0.4 is 0 Å². The Bertz CT molecular complexity index is 948. The van der Waals surface area contributed by atoms with Gasteiger partial charge in [-0.3, -0.25) is 9.59 Å². The van der Waals surface area contributed by atoms with E-state index >= 15 is 0 Å². The molecule has 0 aromatic heterocycles. The Hall–Kier alpha value is -4.22. The molecule has 12 nitrogen and oxygen atoms in total. The van der Waals surface area contributed by atoms with Gasteiger partial charge in [-0.2, -0.15) is 0 Å². The lowest BCUT2D eigenvalue weighted by Gasteiger charge is -2.37. The van der Waals surface area contributed by atoms with Crippen LogP contribution in [0.1, 0.15) is 26.7 Å². The molecule has 2 atom stereocenters. The molecule has 0 spiro atoms. The first-order chi connectivity index (χ1) is 15.6. The van der Waals surface area contributed by atoms with Crippen LogP contribution in [0.25, 0.3) is 0 Å². The van der Waals surface area contributed by atoms with Crippen molar-refractivity contribution in [1.82, 2.24) is 0 Å². The summed E-state index contributed by atoms with van der Waals surface area (Å²) in [6.45, 7) is 8.07. The van der Waals surface area contributed by atoms with Crippen molar-refractivity contribution >= 4 is 35.8 Å². The second-order valence-electron chi connectivity index (χ2n) is 7.61. The van der Waals surface area contributed by atoms with Crippen LogP contribution in [-0.2, 0) is 38.2 Å². The molecule has 0 saturated heterocycles. The molecule has 0 fully saturated rings. The van der Waals surface area contributed by atoms with Gasteiger partial charge < -0.3 is 29.9 Å². The lowest BCUT2D eigenvalue weighted by Crippen LogP contribution is -2.46. The highest BCUT2D eigenvalue weighted by Gasteiger charge is 2.55. The first kappa shape index (κ1) is 27.8. The molecule has 0 aliphatic heterocycles. The van der Waals surface area contributed by atoms with E-state index in [-0.39, 0.29) is 11.1 Å². The first-order valence-electron chi connectivity index (χ1n) is 9.67. The summed E-state index contributed by atoms with van der Waals surface area (Å²) in [5.74, 6) is -9.06. The third kappa shape index (κ3) is 5.57. The van der Waals surface area contributed by atoms with Crippen molar-refractivity contribution in [3.05, 3.63) is 47.6 Å². The highest BCUT2D eigenvalue weighted by molar-refractivity contribution is 6.06. The van der Waals surface area contributed by atoms with E-state index in [1.807, 2.05) is 0 Å². The van der Waals surface area contributed by atoms with Crippen LogP contribution in [0.4, 0.5) is 0 Å². The number of hydrogen-bond donors (Lipinski definition) is 4. The molecule has 0 amide bonds. The van der Waals surface area contributed by atoms with Crippen LogP contribution in [0, 0.1) is 10.8 Å². The molecule has 0 heterocycles. The van der Waals surface area contributed by atoms with E-state index < -0.39 is 83.8 Å². The van der Waals surface area contributed by atoms with E-state index in [1.165, 1.54) is 13.8 Å². The molecule has 0 saturated carbocycles. The van der Waals surface area contributed by atoms with Gasteiger partial charge in [-0.25, -0.2) is 19.2 Å². The van der Waals surface area contributed by atoms with Crippen LogP contribution in [0.15, 0.2) is 47.6 Å². The molecule has 2 unspecified atom stereocenters. The molecule has 0 radical (unpaired) electrons. The quantitative estimate of drug-likeness (QED) is 0.230. The Kier molecular flexibility index (Phi) is 8.67. The van der Waals surface area contributed by atoms with Crippen LogP contribution in [-0.4, -0.2) is 69.5 Å². The lowest BCUT2D eigenvalue weighted by molar-refractivity contribution is -0.153. The van der Waals surface area contributed by atoms with Crippen LogP contribution >= 0.6 is 0 Å². The standard InChI is InChI=1S/C22H24O12/c1-11(2)17(27)33-7-5-21(19(29)30)9-14(16(25)26)22(20(31)32,10-13(21)15(23)24)6-8-34-18(28)12(3)4/h9-10H,1,3,5-8H2,2,4H3,(H,23,24)(H,25,26)(H,29,30)(H,31,32). The first-order valence-corrected chi connectivity index (χ1v) is 9.67. The molecule has 184 valence electrons. The van der Waals surface area contributed by atoms with Crippen molar-refractivity contribution in [2.45, 2.75) is 26.7 Å². The maximum absolute atomic E-state index is 12.2. The zero-order chi connectivity index (χ0) is 26.4. The van der Waals surface area contributed by atoms with Gasteiger partial charge in [-0.05, 0) is 13.8 Å². The maximum Gasteiger partial charge on any atom is 0.333 e. The Balaban J connectivity index is 3.62. The molecule has 34 heavy (non-hydrogen) atoms. The molecule has 4 N–H and O–H groups in total. The SMILES string of the molecule is C=C(C)C(=O)OCCC1(C(=O)O)C=C(C(=O)O)C(CCOC(=O)C(=C)C)(C(=O)O)C=C1C(=O)O. The van der Waals surface area contributed by atoms with E-state index in [4.69, 9.17) is 9.47 Å². The van der Waals surface area contributed by atoms with Gasteiger partial charge in [0.2, 0.25) is 0 Å². The van der Waals surface area contributed by atoms with Gasteiger partial charge >= 0.3 is 35.8 Å². The van der Waals surface area contributed by atoms with Crippen LogP contribution in [0.5, 0.6) is 0 Å². The Morgan fingerprint density at radius 2 is 1.00 bits per heavy atom. The van der Waals surface area contributed by atoms with E-state index in [1.54, 1.807) is 0 Å². The average Bonchev–Trinajstić information content (AvgIpc) is 2.72. The third-order valence-corrected chi connectivity index (χ3v) is 5.12. The number of ether oxygens (including phenoxy) is 2. The second kappa shape index (κ2) is 10.6. The van der Waals surface area contributed by atoms with Gasteiger partial charge in [-0.1, -0.05) is 25.3 Å². The fraction of sp³-hybridized carbons (Fsp3) is 0.364. The summed E-state index contributed by atoms with van der Waals surface area (Å²) >= 11 is 0. The van der Waals surface area contributed by atoms with Crippen molar-refractivity contribution in [3.8, 4) is 0 Å². The monoisotopic (exact) mass is 480 g/mol. The van der Waals surface area contributed by atoms with Crippen LogP contribution in [0.2, 0.25) is 0 Å². The highest BCUT2D eigenvalue weighted by atomic mass is 16.5. The molecule has 0 bridgehead atoms. The molecule has 12 heteroatoms. The van der Waals surface area contributed by atoms with Gasteiger partial charge in [-0.15, -0.1) is 0 Å². The van der Waals surface area contributed by atoms with E-state index in [0.717, 1.165) is 0 Å². The predicted octanol–water partition coefficient (Wildman–Crippen LogP) is 1.18. The van der Waals surface area contributed by atoms with Gasteiger partial charge in [0.25, 0.3) is 0 Å². The van der Waals surface area contributed by atoms with Gasteiger partial charge in [0, 0.05) is 24.0 Å². The number of hydrogen-bond acceptors (Lipinski definition) is 8. The van der Waals surface area contributed by atoms with Crippen molar-refractivity contribution in [3.63, 3.8) is 0 Å². The molecular weight excluding hydrogens is 456 g/mol. The van der Waals surface area contributed by atoms with E-state index in [0.29, 0.717) is 12.2 Å². The summed E-state index contributed by atoms with van der Waals surface area (Å²) in [4.78, 5) is 71.7. The third-order valence-electron chi connectivity index (χ3n) is 5.12. The number of carboxylic acids is 4. The fourth-order valence-electron chi connectivity index (χ4n) is 3.25. The molecular formula is C22H24O12.